The average molecular weight is 194 g/mol. The van der Waals surface area contributed by atoms with E-state index in [4.69, 9.17) is 0 Å². The second-order valence-corrected chi connectivity index (χ2v) is 4.50. The molecule has 0 aliphatic carbocycles. The normalized spacial score (nSPS) is 11.5. The van der Waals surface area contributed by atoms with Crippen LogP contribution in [0.3, 0.4) is 0 Å². The lowest BCUT2D eigenvalue weighted by atomic mass is 9.86. The Labute approximate surface area is 83.9 Å². The average Bonchev–Trinajstić information content (AvgIpc) is 2.02. The first-order valence-corrected chi connectivity index (χ1v) is 4.63. The highest BCUT2D eigenvalue weighted by Crippen LogP contribution is 2.24. The van der Waals surface area contributed by atoms with Gasteiger partial charge in [0.2, 0.25) is 0 Å². The summed E-state index contributed by atoms with van der Waals surface area (Å²) in [6, 6.07) is 4.72. The Bertz CT molecular complexity index is 361. The fourth-order valence-electron chi connectivity index (χ4n) is 1.26. The van der Waals surface area contributed by atoms with Crippen molar-refractivity contribution in [3.63, 3.8) is 0 Å². The molecule has 0 fully saturated rings. The smallest absolute Gasteiger partial charge is 0.162 e. The van der Waals surface area contributed by atoms with Gasteiger partial charge in [0.15, 0.2) is 5.78 Å². The van der Waals surface area contributed by atoms with Gasteiger partial charge in [-0.2, -0.15) is 0 Å². The number of rotatable bonds is 1. The van der Waals surface area contributed by atoms with Crippen molar-refractivity contribution in [3.8, 4) is 0 Å². The summed E-state index contributed by atoms with van der Waals surface area (Å²) < 4.78 is 13.2. The predicted octanol–water partition coefficient (Wildman–Crippen LogP) is 3.33. The standard InChI is InChI=1S/C12H15FO/c1-8(14)10-7-9(12(2,3)4)5-6-11(10)13/h5-7H,1-4H3. The molecule has 0 aliphatic rings. The highest BCUT2D eigenvalue weighted by molar-refractivity contribution is 5.94. The molecule has 1 nitrogen and oxygen atoms in total. The van der Waals surface area contributed by atoms with Crippen LogP contribution < -0.4 is 0 Å². The van der Waals surface area contributed by atoms with Crippen LogP contribution in [-0.2, 0) is 5.41 Å². The number of benzene rings is 1. The minimum Gasteiger partial charge on any atom is -0.294 e. The molecule has 0 amide bonds. The van der Waals surface area contributed by atoms with E-state index in [0.29, 0.717) is 0 Å². The molecular formula is C12H15FO. The molecule has 1 rings (SSSR count). The van der Waals surface area contributed by atoms with Crippen molar-refractivity contribution in [3.05, 3.63) is 35.1 Å². The zero-order valence-corrected chi connectivity index (χ0v) is 9.02. The van der Waals surface area contributed by atoms with E-state index < -0.39 is 5.82 Å². The number of ketones is 1. The molecule has 0 aromatic heterocycles. The summed E-state index contributed by atoms with van der Waals surface area (Å²) in [6.07, 6.45) is 0. The van der Waals surface area contributed by atoms with Crippen molar-refractivity contribution in [1.82, 2.24) is 0 Å². The van der Waals surface area contributed by atoms with Gasteiger partial charge in [-0.05, 0) is 30.0 Å². The lowest BCUT2D eigenvalue weighted by Gasteiger charge is -2.19. The lowest BCUT2D eigenvalue weighted by Crippen LogP contribution is -2.12. The Morgan fingerprint density at radius 3 is 2.29 bits per heavy atom. The summed E-state index contributed by atoms with van der Waals surface area (Å²) in [6.45, 7) is 7.48. The zero-order valence-electron chi connectivity index (χ0n) is 9.02. The fraction of sp³-hybridized carbons (Fsp3) is 0.417. The Morgan fingerprint density at radius 1 is 1.29 bits per heavy atom. The maximum atomic E-state index is 13.2. The zero-order chi connectivity index (χ0) is 10.9. The van der Waals surface area contributed by atoms with Gasteiger partial charge >= 0.3 is 0 Å². The predicted molar refractivity (Wildman–Crippen MR) is 55.1 cm³/mol. The summed E-state index contributed by atoms with van der Waals surface area (Å²) in [5.74, 6) is -0.667. The maximum absolute atomic E-state index is 13.2. The minimum absolute atomic E-state index is 0.0576. The lowest BCUT2D eigenvalue weighted by molar-refractivity contribution is 0.101. The van der Waals surface area contributed by atoms with E-state index in [2.05, 4.69) is 0 Å². The van der Waals surface area contributed by atoms with Gasteiger partial charge in [-0.1, -0.05) is 26.8 Å². The fourth-order valence-corrected chi connectivity index (χ4v) is 1.26. The number of hydrogen-bond donors (Lipinski definition) is 0. The van der Waals surface area contributed by atoms with Crippen molar-refractivity contribution < 1.29 is 9.18 Å². The van der Waals surface area contributed by atoms with Crippen LogP contribution in [0.15, 0.2) is 18.2 Å². The second-order valence-electron chi connectivity index (χ2n) is 4.50. The molecule has 0 saturated carbocycles. The van der Waals surface area contributed by atoms with E-state index in [1.807, 2.05) is 20.8 Å². The van der Waals surface area contributed by atoms with Crippen molar-refractivity contribution in [2.45, 2.75) is 33.1 Å². The van der Waals surface area contributed by atoms with Crippen LogP contribution in [0.1, 0.15) is 43.6 Å². The molecule has 0 spiro atoms. The van der Waals surface area contributed by atoms with Crippen molar-refractivity contribution >= 4 is 5.78 Å². The van der Waals surface area contributed by atoms with Crippen LogP contribution >= 0.6 is 0 Å². The van der Waals surface area contributed by atoms with E-state index in [0.717, 1.165) is 5.56 Å². The second kappa shape index (κ2) is 3.52. The summed E-state index contributed by atoms with van der Waals surface area (Å²) in [5.41, 5.74) is 1.10. The van der Waals surface area contributed by atoms with E-state index in [1.165, 1.54) is 13.0 Å². The van der Waals surface area contributed by atoms with E-state index >= 15 is 0 Å². The van der Waals surface area contributed by atoms with Crippen LogP contribution in [0.25, 0.3) is 0 Å². The molecule has 0 aliphatic heterocycles. The van der Waals surface area contributed by atoms with Crippen molar-refractivity contribution in [1.29, 1.82) is 0 Å². The number of carbonyl (C=O) groups is 1. The molecule has 0 heterocycles. The van der Waals surface area contributed by atoms with Gasteiger partial charge in [-0.25, -0.2) is 4.39 Å². The van der Waals surface area contributed by atoms with Gasteiger partial charge < -0.3 is 0 Å². The molecule has 1 aromatic rings. The molecule has 0 radical (unpaired) electrons. The summed E-state index contributed by atoms with van der Waals surface area (Å²) in [7, 11) is 0. The monoisotopic (exact) mass is 194 g/mol. The number of carbonyl (C=O) groups excluding carboxylic acids is 1. The van der Waals surface area contributed by atoms with E-state index in [1.54, 1.807) is 12.1 Å². The molecule has 1 aromatic carbocycles. The minimum atomic E-state index is -0.439. The first kappa shape index (κ1) is 10.9. The third-order valence-corrected chi connectivity index (χ3v) is 2.21. The summed E-state index contributed by atoms with van der Waals surface area (Å²) >= 11 is 0. The third kappa shape index (κ3) is 2.19. The van der Waals surface area contributed by atoms with Crippen LogP contribution in [0, 0.1) is 5.82 Å². The Hall–Kier alpha value is -1.18. The summed E-state index contributed by atoms with van der Waals surface area (Å²) in [5, 5.41) is 0. The number of hydrogen-bond acceptors (Lipinski definition) is 1. The van der Waals surface area contributed by atoms with E-state index in [9.17, 15) is 9.18 Å². The van der Waals surface area contributed by atoms with E-state index in [-0.39, 0.29) is 16.8 Å². The molecule has 0 N–H and O–H groups in total. The maximum Gasteiger partial charge on any atom is 0.162 e. The largest absolute Gasteiger partial charge is 0.294 e. The van der Waals surface area contributed by atoms with Crippen LogP contribution in [0.2, 0.25) is 0 Å². The van der Waals surface area contributed by atoms with Gasteiger partial charge in [-0.3, -0.25) is 4.79 Å². The highest BCUT2D eigenvalue weighted by atomic mass is 19.1. The Morgan fingerprint density at radius 2 is 1.86 bits per heavy atom. The molecule has 0 saturated heterocycles. The number of Topliss-reactive ketones (excluding diaryl/α,β-unsaturated/α-hetero) is 1. The van der Waals surface area contributed by atoms with Gasteiger partial charge in [0, 0.05) is 0 Å². The van der Waals surface area contributed by atoms with Crippen molar-refractivity contribution in [2.24, 2.45) is 0 Å². The number of halogens is 1. The quantitative estimate of drug-likeness (QED) is 0.627. The van der Waals surface area contributed by atoms with Crippen molar-refractivity contribution in [2.75, 3.05) is 0 Å². The molecule has 76 valence electrons. The van der Waals surface area contributed by atoms with Crippen LogP contribution in [-0.4, -0.2) is 5.78 Å². The molecule has 0 atom stereocenters. The summed E-state index contributed by atoms with van der Waals surface area (Å²) in [4.78, 5) is 11.1. The molecule has 0 unspecified atom stereocenters. The van der Waals surface area contributed by atoms with Gasteiger partial charge in [0.1, 0.15) is 5.82 Å². The van der Waals surface area contributed by atoms with Gasteiger partial charge in [0.25, 0.3) is 0 Å². The van der Waals surface area contributed by atoms with Crippen LogP contribution in [0.4, 0.5) is 4.39 Å². The van der Waals surface area contributed by atoms with Gasteiger partial charge in [-0.15, -0.1) is 0 Å². The topological polar surface area (TPSA) is 17.1 Å². The first-order chi connectivity index (χ1) is 6.32. The Kier molecular flexibility index (Phi) is 2.74. The SMILES string of the molecule is CC(=O)c1cc(C(C)(C)C)ccc1F. The molecule has 0 bridgehead atoms. The molecule has 14 heavy (non-hydrogen) atoms. The first-order valence-electron chi connectivity index (χ1n) is 4.63. The highest BCUT2D eigenvalue weighted by Gasteiger charge is 2.16. The third-order valence-electron chi connectivity index (χ3n) is 2.21. The Balaban J connectivity index is 3.27. The molecule has 2 heteroatoms. The van der Waals surface area contributed by atoms with Crippen LogP contribution in [0.5, 0.6) is 0 Å². The molecular weight excluding hydrogens is 179 g/mol. The van der Waals surface area contributed by atoms with Gasteiger partial charge in [0.05, 0.1) is 5.56 Å².